The lowest BCUT2D eigenvalue weighted by atomic mass is 9.94. The third kappa shape index (κ3) is 9.20. The molecule has 11 nitrogen and oxygen atoms in total. The molecule has 0 amide bonds. The topological polar surface area (TPSA) is 113 Å². The highest BCUT2D eigenvalue weighted by molar-refractivity contribution is 5.19. The van der Waals surface area contributed by atoms with Gasteiger partial charge in [0, 0.05) is 11.1 Å². The number of rotatable bonds is 12. The third-order valence-corrected chi connectivity index (χ3v) is 11.5. The zero-order chi connectivity index (χ0) is 38.4. The zero-order valence-electron chi connectivity index (χ0n) is 31.9. The maximum Gasteiger partial charge on any atom is 0.187 e. The molecule has 5 fully saturated rings. The zero-order valence-corrected chi connectivity index (χ0v) is 31.9. The van der Waals surface area contributed by atoms with E-state index in [-0.39, 0.29) is 32.5 Å². The standard InChI is InChI=1S/C46H52O11/c47-37-40(48-26-30-16-6-1-7-17-30)38-35(28-50-43(55-38)32-20-10-3-11-21-32)53-45(37)57-42-41(49-27-31-18-8-2-9-19-31)39-36(54-46(42)52-34-24-14-5-15-25-34)29-51-44(56-39)33-22-12-4-13-23-33/h1-4,6-13,16-23,34-47H,5,14-15,24-29H2/t35-,36-,37+,38-,39-,40-,41+,42+,43?,44?,45+,46-/m1/s1. The van der Waals surface area contributed by atoms with Crippen LogP contribution in [-0.4, -0.2) is 85.8 Å². The van der Waals surface area contributed by atoms with Gasteiger partial charge in [-0.1, -0.05) is 141 Å². The van der Waals surface area contributed by atoms with E-state index >= 15 is 0 Å². The monoisotopic (exact) mass is 780 g/mol. The van der Waals surface area contributed by atoms with Crippen LogP contribution in [0.4, 0.5) is 0 Å². The van der Waals surface area contributed by atoms with Crippen molar-refractivity contribution in [2.45, 2.75) is 125 Å². The first-order valence-electron chi connectivity index (χ1n) is 20.4. The van der Waals surface area contributed by atoms with Crippen molar-refractivity contribution in [1.29, 1.82) is 0 Å². The van der Waals surface area contributed by atoms with Crippen molar-refractivity contribution in [2.24, 2.45) is 0 Å². The SMILES string of the molecule is O[C@@H]1[C@H](O[C@@H]2[C@H](OC3CCCCC3)O[C@@H]3COC(c4ccccc4)O[C@H]3[C@@H]2OCc2ccccc2)O[C@@H]2COC(c3ccccc3)O[C@H]2[C@@H]1OCc1ccccc1. The molecular formula is C46H52O11. The van der Waals surface area contributed by atoms with Gasteiger partial charge in [0.15, 0.2) is 25.2 Å². The average molecular weight is 781 g/mol. The Kier molecular flexibility index (Phi) is 12.7. The molecule has 4 aromatic carbocycles. The van der Waals surface area contributed by atoms with Crippen molar-refractivity contribution in [1.82, 2.24) is 0 Å². The van der Waals surface area contributed by atoms with Crippen LogP contribution in [0.5, 0.6) is 0 Å². The Bertz CT molecular complexity index is 1800. The van der Waals surface area contributed by atoms with Gasteiger partial charge >= 0.3 is 0 Å². The van der Waals surface area contributed by atoms with Gasteiger partial charge in [-0.15, -0.1) is 0 Å². The van der Waals surface area contributed by atoms with E-state index in [1.807, 2.05) is 121 Å². The van der Waals surface area contributed by atoms with Gasteiger partial charge in [0.25, 0.3) is 0 Å². The molecule has 4 saturated heterocycles. The quantitative estimate of drug-likeness (QED) is 0.162. The molecule has 1 N–H and O–H groups in total. The highest BCUT2D eigenvalue weighted by Crippen LogP contribution is 2.41. The van der Waals surface area contributed by atoms with E-state index in [2.05, 4.69) is 0 Å². The second-order valence-electron chi connectivity index (χ2n) is 15.4. The number of aliphatic hydroxyl groups is 1. The van der Waals surface area contributed by atoms with E-state index < -0.39 is 74.0 Å². The fourth-order valence-electron chi connectivity index (χ4n) is 8.49. The molecule has 0 radical (unpaired) electrons. The second kappa shape index (κ2) is 18.6. The van der Waals surface area contributed by atoms with Crippen molar-refractivity contribution in [3.63, 3.8) is 0 Å². The van der Waals surface area contributed by atoms with Gasteiger partial charge in [-0.25, -0.2) is 0 Å². The van der Waals surface area contributed by atoms with Crippen molar-refractivity contribution in [3.8, 4) is 0 Å². The van der Waals surface area contributed by atoms with Crippen LogP contribution in [0.3, 0.4) is 0 Å². The lowest BCUT2D eigenvalue weighted by Gasteiger charge is -2.52. The van der Waals surface area contributed by atoms with Gasteiger partial charge in [0.2, 0.25) is 0 Å². The molecule has 0 bridgehead atoms. The van der Waals surface area contributed by atoms with E-state index in [1.54, 1.807) is 0 Å². The maximum absolute atomic E-state index is 12.3. The first-order valence-corrected chi connectivity index (χ1v) is 20.4. The summed E-state index contributed by atoms with van der Waals surface area (Å²) in [6.45, 7) is 1.00. The van der Waals surface area contributed by atoms with Crippen molar-refractivity contribution in [2.75, 3.05) is 13.2 Å². The third-order valence-electron chi connectivity index (χ3n) is 11.5. The van der Waals surface area contributed by atoms with Crippen LogP contribution in [0, 0.1) is 0 Å². The Morgan fingerprint density at radius 3 is 1.51 bits per heavy atom. The molecule has 0 spiro atoms. The molecule has 12 atom stereocenters. The number of hydrogen-bond acceptors (Lipinski definition) is 11. The van der Waals surface area contributed by atoms with E-state index in [0.717, 1.165) is 47.9 Å². The van der Waals surface area contributed by atoms with E-state index in [4.69, 9.17) is 47.4 Å². The molecule has 1 aliphatic carbocycles. The molecule has 4 heterocycles. The highest BCUT2D eigenvalue weighted by Gasteiger charge is 2.56. The van der Waals surface area contributed by atoms with Crippen LogP contribution in [-0.2, 0) is 60.6 Å². The molecule has 4 aromatic rings. The number of ether oxygens (including phenoxy) is 10. The molecule has 302 valence electrons. The van der Waals surface area contributed by atoms with E-state index in [1.165, 1.54) is 6.42 Å². The molecule has 4 aliphatic heterocycles. The molecular weight excluding hydrogens is 728 g/mol. The Morgan fingerprint density at radius 1 is 0.491 bits per heavy atom. The first kappa shape index (κ1) is 38.9. The number of aliphatic hydroxyl groups excluding tert-OH is 1. The van der Waals surface area contributed by atoms with E-state index in [0.29, 0.717) is 0 Å². The number of fused-ring (bicyclic) bond motifs is 2. The van der Waals surface area contributed by atoms with Gasteiger partial charge in [0.05, 0.1) is 32.5 Å². The lowest BCUT2D eigenvalue weighted by Crippen LogP contribution is -2.67. The second-order valence-corrected chi connectivity index (χ2v) is 15.4. The fraction of sp³-hybridized carbons (Fsp3) is 0.478. The minimum absolute atomic E-state index is 0.0257. The summed E-state index contributed by atoms with van der Waals surface area (Å²) in [5.74, 6) is 0. The summed E-state index contributed by atoms with van der Waals surface area (Å²) in [5.41, 5.74) is 3.71. The van der Waals surface area contributed by atoms with Crippen LogP contribution in [0.1, 0.15) is 66.9 Å². The maximum atomic E-state index is 12.3. The molecule has 2 unspecified atom stereocenters. The molecule has 9 rings (SSSR count). The van der Waals surface area contributed by atoms with Crippen LogP contribution < -0.4 is 0 Å². The van der Waals surface area contributed by atoms with Crippen molar-refractivity contribution < 1.29 is 52.5 Å². The molecule has 11 heteroatoms. The molecule has 1 saturated carbocycles. The lowest BCUT2D eigenvalue weighted by molar-refractivity contribution is -0.413. The van der Waals surface area contributed by atoms with Crippen LogP contribution in [0.2, 0.25) is 0 Å². The Morgan fingerprint density at radius 2 is 0.965 bits per heavy atom. The van der Waals surface area contributed by atoms with Gasteiger partial charge in [-0.2, -0.15) is 0 Å². The van der Waals surface area contributed by atoms with Crippen molar-refractivity contribution in [3.05, 3.63) is 144 Å². The van der Waals surface area contributed by atoms with Crippen molar-refractivity contribution >= 4 is 0 Å². The minimum Gasteiger partial charge on any atom is -0.385 e. The summed E-state index contributed by atoms with van der Waals surface area (Å²) < 4.78 is 66.3. The summed E-state index contributed by atoms with van der Waals surface area (Å²) in [6, 6.07) is 39.4. The summed E-state index contributed by atoms with van der Waals surface area (Å²) in [4.78, 5) is 0. The summed E-state index contributed by atoms with van der Waals surface area (Å²) >= 11 is 0. The number of hydrogen-bond donors (Lipinski definition) is 1. The Labute approximate surface area is 334 Å². The van der Waals surface area contributed by atoms with Crippen LogP contribution >= 0.6 is 0 Å². The number of benzene rings is 4. The van der Waals surface area contributed by atoms with Gasteiger partial charge in [-0.05, 0) is 24.0 Å². The highest BCUT2D eigenvalue weighted by atomic mass is 16.8. The fourth-order valence-corrected chi connectivity index (χ4v) is 8.49. The predicted molar refractivity (Wildman–Crippen MR) is 206 cm³/mol. The summed E-state index contributed by atoms with van der Waals surface area (Å²) in [6.07, 6.45) is -4.25. The first-order chi connectivity index (χ1) is 28.2. The predicted octanol–water partition coefficient (Wildman–Crippen LogP) is 6.93. The Balaban J connectivity index is 1.02. The Hall–Kier alpha value is -3.56. The van der Waals surface area contributed by atoms with Gasteiger partial charge < -0.3 is 52.5 Å². The molecule has 0 aromatic heterocycles. The van der Waals surface area contributed by atoms with E-state index in [9.17, 15) is 5.11 Å². The van der Waals surface area contributed by atoms with Gasteiger partial charge in [0.1, 0.15) is 48.8 Å². The molecule has 5 aliphatic rings. The summed E-state index contributed by atoms with van der Waals surface area (Å²) in [7, 11) is 0. The largest absolute Gasteiger partial charge is 0.385 e. The van der Waals surface area contributed by atoms with Crippen LogP contribution in [0.25, 0.3) is 0 Å². The smallest absolute Gasteiger partial charge is 0.187 e. The summed E-state index contributed by atoms with van der Waals surface area (Å²) in [5, 5.41) is 12.3. The normalized spacial score (nSPS) is 34.5. The molecule has 57 heavy (non-hydrogen) atoms. The van der Waals surface area contributed by atoms with Crippen LogP contribution in [0.15, 0.2) is 121 Å². The minimum atomic E-state index is -1.26. The van der Waals surface area contributed by atoms with Gasteiger partial charge in [-0.3, -0.25) is 0 Å². The average Bonchev–Trinajstić information content (AvgIpc) is 3.27.